The van der Waals surface area contributed by atoms with Gasteiger partial charge in [-0.1, -0.05) is 50.6 Å². The molecule has 3 aromatic rings. The van der Waals surface area contributed by atoms with Crippen molar-refractivity contribution >= 4 is 11.0 Å². The molecule has 0 fully saturated rings. The largest absolute Gasteiger partial charge is 0.508 e. The molecule has 26 heavy (non-hydrogen) atoms. The molecule has 0 saturated heterocycles. The Labute approximate surface area is 153 Å². The van der Waals surface area contributed by atoms with E-state index in [4.69, 9.17) is 4.42 Å². The number of aryl methyl sites for hydroxylation is 1. The predicted molar refractivity (Wildman–Crippen MR) is 104 cm³/mol. The Hall–Kier alpha value is -2.59. The van der Waals surface area contributed by atoms with Gasteiger partial charge < -0.3 is 14.8 Å². The molecule has 0 radical (unpaired) electrons. The van der Waals surface area contributed by atoms with E-state index >= 15 is 0 Å². The third kappa shape index (κ3) is 3.97. The van der Waals surface area contributed by atoms with Gasteiger partial charge in [0.2, 0.25) is 0 Å². The van der Waals surface area contributed by atoms with Gasteiger partial charge in [-0.25, -0.2) is 4.79 Å². The molecule has 0 aliphatic carbocycles. The number of fused-ring (bicyclic) bond motifs is 1. The van der Waals surface area contributed by atoms with Crippen LogP contribution in [0.15, 0.2) is 57.7 Å². The molecule has 3 rings (SSSR count). The van der Waals surface area contributed by atoms with Crippen LogP contribution in [0.25, 0.3) is 11.0 Å². The quantitative estimate of drug-likeness (QED) is 0.606. The highest BCUT2D eigenvalue weighted by Crippen LogP contribution is 2.27. The van der Waals surface area contributed by atoms with E-state index < -0.39 is 5.63 Å². The van der Waals surface area contributed by atoms with Crippen molar-refractivity contribution in [1.82, 2.24) is 5.32 Å². The van der Waals surface area contributed by atoms with E-state index in [1.807, 2.05) is 31.2 Å². The summed E-state index contributed by atoms with van der Waals surface area (Å²) >= 11 is 0. The van der Waals surface area contributed by atoms with Crippen LogP contribution in [0.4, 0.5) is 0 Å². The Kier molecular flexibility index (Phi) is 5.74. The summed E-state index contributed by atoms with van der Waals surface area (Å²) in [4.78, 5) is 11.9. The van der Waals surface area contributed by atoms with E-state index in [9.17, 15) is 9.90 Å². The Balaban J connectivity index is 1.93. The lowest BCUT2D eigenvalue weighted by Gasteiger charge is -2.19. The average Bonchev–Trinajstić information content (AvgIpc) is 2.65. The minimum Gasteiger partial charge on any atom is -0.508 e. The van der Waals surface area contributed by atoms with E-state index in [0.717, 1.165) is 35.8 Å². The number of nitrogens with one attached hydrogen (secondary N) is 1. The lowest BCUT2D eigenvalue weighted by molar-refractivity contribution is 0.466. The van der Waals surface area contributed by atoms with Crippen molar-refractivity contribution in [2.45, 2.75) is 45.7 Å². The van der Waals surface area contributed by atoms with Gasteiger partial charge in [0, 0.05) is 30.1 Å². The minimum absolute atomic E-state index is 0.168. The van der Waals surface area contributed by atoms with Crippen LogP contribution in [0.1, 0.15) is 49.4 Å². The summed E-state index contributed by atoms with van der Waals surface area (Å²) in [6.07, 6.45) is 2.80. The summed E-state index contributed by atoms with van der Waals surface area (Å²) in [5.41, 5.74) is 3.01. The van der Waals surface area contributed by atoms with Crippen LogP contribution in [-0.2, 0) is 13.0 Å². The fraction of sp³-hybridized carbons (Fsp3) is 0.318. The molecule has 0 bridgehead atoms. The van der Waals surface area contributed by atoms with Gasteiger partial charge in [-0.05, 0) is 35.6 Å². The maximum Gasteiger partial charge on any atom is 0.336 e. The fourth-order valence-electron chi connectivity index (χ4n) is 3.33. The number of rotatable bonds is 7. The third-order valence-corrected chi connectivity index (χ3v) is 4.73. The van der Waals surface area contributed by atoms with Gasteiger partial charge in [0.05, 0.1) is 0 Å². The lowest BCUT2D eigenvalue weighted by Crippen LogP contribution is -2.21. The minimum atomic E-state index is -0.398. The molecule has 1 aromatic heterocycles. The molecular weight excluding hydrogens is 326 g/mol. The van der Waals surface area contributed by atoms with Gasteiger partial charge in [0.1, 0.15) is 11.3 Å². The predicted octanol–water partition coefficient (Wildman–Crippen LogP) is 4.69. The summed E-state index contributed by atoms with van der Waals surface area (Å²) in [6.45, 7) is 4.72. The zero-order valence-electron chi connectivity index (χ0n) is 15.3. The van der Waals surface area contributed by atoms with E-state index in [2.05, 4.69) is 24.4 Å². The van der Waals surface area contributed by atoms with Gasteiger partial charge in [-0.3, -0.25) is 0 Å². The second-order valence-electron chi connectivity index (χ2n) is 6.55. The smallest absolute Gasteiger partial charge is 0.336 e. The fourth-order valence-corrected chi connectivity index (χ4v) is 3.33. The molecule has 0 unspecified atom stereocenters. The van der Waals surface area contributed by atoms with Gasteiger partial charge in [-0.15, -0.1) is 0 Å². The highest BCUT2D eigenvalue weighted by Gasteiger charge is 2.13. The Morgan fingerprint density at radius 2 is 1.85 bits per heavy atom. The van der Waals surface area contributed by atoms with Crippen molar-refractivity contribution in [3.63, 3.8) is 0 Å². The summed E-state index contributed by atoms with van der Waals surface area (Å²) in [7, 11) is 0. The van der Waals surface area contributed by atoms with Crippen LogP contribution in [0.3, 0.4) is 0 Å². The Bertz CT molecular complexity index is 931. The molecule has 2 aromatic carbocycles. The van der Waals surface area contributed by atoms with Gasteiger partial charge in [-0.2, -0.15) is 0 Å². The maximum atomic E-state index is 11.9. The second kappa shape index (κ2) is 8.19. The van der Waals surface area contributed by atoms with Crippen LogP contribution in [0.5, 0.6) is 5.75 Å². The molecule has 0 saturated carbocycles. The van der Waals surface area contributed by atoms with Crippen LogP contribution < -0.4 is 10.9 Å². The van der Waals surface area contributed by atoms with Gasteiger partial charge in [0.15, 0.2) is 0 Å². The number of hydrogen-bond acceptors (Lipinski definition) is 4. The standard InChI is InChI=1S/C22H25NO3/c1-3-8-19(16-9-6-5-7-10-16)23-14-17-12-22(25)26-21-13-20(24)15(4-2)11-18(17)21/h5-7,9-13,19,23-24H,3-4,8,14H2,1-2H3/t19-/m1/s1. The molecule has 4 nitrogen and oxygen atoms in total. The first-order valence-electron chi connectivity index (χ1n) is 9.19. The number of phenolic OH excluding ortho intramolecular Hbond substituents is 1. The summed E-state index contributed by atoms with van der Waals surface area (Å²) in [5, 5.41) is 14.5. The number of aromatic hydroxyl groups is 1. The maximum absolute atomic E-state index is 11.9. The molecule has 1 atom stereocenters. The van der Waals surface area contributed by atoms with Crippen LogP contribution in [0, 0.1) is 0 Å². The van der Waals surface area contributed by atoms with Crippen molar-refractivity contribution in [2.75, 3.05) is 0 Å². The van der Waals surface area contributed by atoms with E-state index in [1.54, 1.807) is 12.1 Å². The van der Waals surface area contributed by atoms with Crippen molar-refractivity contribution in [1.29, 1.82) is 0 Å². The SMILES string of the molecule is CCC[C@@H](NCc1cc(=O)oc2cc(O)c(CC)cc12)c1ccccc1. The summed E-state index contributed by atoms with van der Waals surface area (Å²) in [6, 6.07) is 15.6. The van der Waals surface area contributed by atoms with Gasteiger partial charge in [0.25, 0.3) is 0 Å². The van der Waals surface area contributed by atoms with E-state index in [0.29, 0.717) is 12.1 Å². The molecule has 0 aliphatic heterocycles. The van der Waals surface area contributed by atoms with Crippen molar-refractivity contribution in [2.24, 2.45) is 0 Å². The second-order valence-corrected chi connectivity index (χ2v) is 6.55. The molecule has 136 valence electrons. The average molecular weight is 351 g/mol. The van der Waals surface area contributed by atoms with Crippen LogP contribution in [0.2, 0.25) is 0 Å². The zero-order valence-corrected chi connectivity index (χ0v) is 15.3. The van der Waals surface area contributed by atoms with Crippen LogP contribution in [-0.4, -0.2) is 5.11 Å². The Morgan fingerprint density at radius 1 is 1.08 bits per heavy atom. The molecule has 4 heteroatoms. The first-order valence-corrected chi connectivity index (χ1v) is 9.19. The normalized spacial score (nSPS) is 12.4. The summed E-state index contributed by atoms with van der Waals surface area (Å²) < 4.78 is 5.28. The molecule has 0 amide bonds. The third-order valence-electron chi connectivity index (χ3n) is 4.73. The van der Waals surface area contributed by atoms with Gasteiger partial charge >= 0.3 is 5.63 Å². The van der Waals surface area contributed by atoms with E-state index in [-0.39, 0.29) is 11.8 Å². The monoisotopic (exact) mass is 351 g/mol. The first-order chi connectivity index (χ1) is 12.6. The molecular formula is C22H25NO3. The molecule has 2 N–H and O–H groups in total. The molecule has 0 aliphatic rings. The highest BCUT2D eigenvalue weighted by atomic mass is 16.4. The summed E-state index contributed by atoms with van der Waals surface area (Å²) in [5.74, 6) is 0.168. The van der Waals surface area contributed by atoms with Crippen molar-refractivity contribution in [3.05, 3.63) is 75.6 Å². The number of phenols is 1. The van der Waals surface area contributed by atoms with Crippen LogP contribution >= 0.6 is 0 Å². The molecule has 1 heterocycles. The zero-order chi connectivity index (χ0) is 18.5. The highest BCUT2D eigenvalue weighted by molar-refractivity contribution is 5.82. The van der Waals surface area contributed by atoms with Crippen molar-refractivity contribution in [3.8, 4) is 5.75 Å². The topological polar surface area (TPSA) is 62.5 Å². The lowest BCUT2D eigenvalue weighted by atomic mass is 10.0. The number of benzene rings is 2. The van der Waals surface area contributed by atoms with Crippen molar-refractivity contribution < 1.29 is 9.52 Å². The number of hydrogen-bond donors (Lipinski definition) is 2. The van der Waals surface area contributed by atoms with E-state index in [1.165, 1.54) is 5.56 Å². The Morgan fingerprint density at radius 3 is 2.54 bits per heavy atom. The first kappa shape index (κ1) is 18.2. The molecule has 0 spiro atoms.